The van der Waals surface area contributed by atoms with Crippen LogP contribution in [-0.4, -0.2) is 30.1 Å². The lowest BCUT2D eigenvalue weighted by molar-refractivity contribution is 0.281. The van der Waals surface area contributed by atoms with E-state index in [-0.39, 0.29) is 0 Å². The van der Waals surface area contributed by atoms with Crippen LogP contribution in [0.15, 0.2) is 12.7 Å². The molecule has 2 N–H and O–H groups in total. The Morgan fingerprint density at radius 1 is 1.67 bits per heavy atom. The maximum Gasteiger partial charge on any atom is 0.0163 e. The fraction of sp³-hybridized carbons (Fsp3) is 0.800. The average Bonchev–Trinajstić information content (AvgIpc) is 2.79. The van der Waals surface area contributed by atoms with Crippen LogP contribution in [0, 0.1) is 0 Å². The van der Waals surface area contributed by atoms with Gasteiger partial charge in [-0.25, -0.2) is 0 Å². The molecule has 0 bridgehead atoms. The Hall–Kier alpha value is -0.340. The topological polar surface area (TPSA) is 29.3 Å². The van der Waals surface area contributed by atoms with Gasteiger partial charge in [-0.15, -0.1) is 6.58 Å². The van der Waals surface area contributed by atoms with Crippen molar-refractivity contribution in [3.63, 3.8) is 0 Å². The second-order valence-electron chi connectivity index (χ2n) is 3.78. The quantitative estimate of drug-likeness (QED) is 0.607. The molecule has 1 aliphatic rings. The molecular weight excluding hydrogens is 148 g/mol. The van der Waals surface area contributed by atoms with Gasteiger partial charge in [0, 0.05) is 25.2 Å². The van der Waals surface area contributed by atoms with Crippen molar-refractivity contribution in [2.24, 2.45) is 5.73 Å². The highest BCUT2D eigenvalue weighted by Crippen LogP contribution is 2.26. The molecule has 0 amide bonds. The number of hydrogen-bond donors (Lipinski definition) is 1. The van der Waals surface area contributed by atoms with Crippen molar-refractivity contribution in [3.8, 4) is 0 Å². The van der Waals surface area contributed by atoms with Crippen LogP contribution >= 0.6 is 0 Å². The average molecular weight is 168 g/mol. The van der Waals surface area contributed by atoms with E-state index in [0.717, 1.165) is 25.6 Å². The van der Waals surface area contributed by atoms with Crippen LogP contribution in [0.3, 0.4) is 0 Å². The highest BCUT2D eigenvalue weighted by Gasteiger charge is 2.27. The largest absolute Gasteiger partial charge is 0.328 e. The van der Waals surface area contributed by atoms with Gasteiger partial charge in [-0.05, 0) is 26.2 Å². The number of nitrogens with zero attached hydrogens (tertiary/aromatic N) is 1. The van der Waals surface area contributed by atoms with Crippen molar-refractivity contribution in [2.45, 2.75) is 38.3 Å². The van der Waals surface area contributed by atoms with E-state index in [4.69, 9.17) is 5.73 Å². The molecule has 0 aromatic heterocycles. The Kier molecular flexibility index (Phi) is 3.76. The molecule has 1 fully saturated rings. The van der Waals surface area contributed by atoms with Crippen LogP contribution in [0.4, 0.5) is 0 Å². The van der Waals surface area contributed by atoms with Gasteiger partial charge < -0.3 is 5.73 Å². The van der Waals surface area contributed by atoms with Crippen molar-refractivity contribution in [1.29, 1.82) is 0 Å². The highest BCUT2D eigenvalue weighted by molar-refractivity contribution is 4.88. The minimum absolute atomic E-state index is 0.330. The molecule has 1 rings (SSSR count). The molecule has 0 radical (unpaired) electrons. The lowest BCUT2D eigenvalue weighted by Gasteiger charge is -2.20. The van der Waals surface area contributed by atoms with Crippen LogP contribution in [0.2, 0.25) is 0 Å². The first-order valence-electron chi connectivity index (χ1n) is 4.84. The number of rotatable bonds is 6. The van der Waals surface area contributed by atoms with Crippen molar-refractivity contribution in [3.05, 3.63) is 12.7 Å². The third-order valence-electron chi connectivity index (χ3n) is 2.30. The van der Waals surface area contributed by atoms with E-state index in [9.17, 15) is 0 Å². The van der Waals surface area contributed by atoms with Crippen molar-refractivity contribution >= 4 is 0 Å². The summed E-state index contributed by atoms with van der Waals surface area (Å²) in [7, 11) is 0. The van der Waals surface area contributed by atoms with Crippen LogP contribution in [-0.2, 0) is 0 Å². The SMILES string of the molecule is C=CCN(CCC(C)N)C1CC1. The molecule has 1 unspecified atom stereocenters. The first-order valence-corrected chi connectivity index (χ1v) is 4.84. The standard InChI is InChI=1S/C10H20N2/c1-3-7-12(10-4-5-10)8-6-9(2)11/h3,9-10H,1,4-8,11H2,2H3. The van der Waals surface area contributed by atoms with Gasteiger partial charge >= 0.3 is 0 Å². The van der Waals surface area contributed by atoms with E-state index >= 15 is 0 Å². The smallest absolute Gasteiger partial charge is 0.0163 e. The summed E-state index contributed by atoms with van der Waals surface area (Å²) in [5.74, 6) is 0. The molecule has 0 saturated heterocycles. The summed E-state index contributed by atoms with van der Waals surface area (Å²) in [6.45, 7) is 7.99. The summed E-state index contributed by atoms with van der Waals surface area (Å²) in [5, 5.41) is 0. The minimum atomic E-state index is 0.330. The van der Waals surface area contributed by atoms with Crippen molar-refractivity contribution in [1.82, 2.24) is 4.90 Å². The summed E-state index contributed by atoms with van der Waals surface area (Å²) in [6.07, 6.45) is 5.82. The van der Waals surface area contributed by atoms with Gasteiger partial charge in [0.15, 0.2) is 0 Å². The van der Waals surface area contributed by atoms with Crippen LogP contribution in [0.5, 0.6) is 0 Å². The lowest BCUT2D eigenvalue weighted by Crippen LogP contribution is -2.31. The molecule has 0 aromatic carbocycles. The Labute approximate surface area is 75.4 Å². The molecule has 0 spiro atoms. The van der Waals surface area contributed by atoms with E-state index in [2.05, 4.69) is 18.4 Å². The molecule has 0 aromatic rings. The fourth-order valence-electron chi connectivity index (χ4n) is 1.40. The van der Waals surface area contributed by atoms with Crippen molar-refractivity contribution < 1.29 is 0 Å². The van der Waals surface area contributed by atoms with Gasteiger partial charge in [-0.1, -0.05) is 6.08 Å². The van der Waals surface area contributed by atoms with Gasteiger partial charge in [0.2, 0.25) is 0 Å². The molecule has 0 aliphatic heterocycles. The second-order valence-corrected chi connectivity index (χ2v) is 3.78. The first kappa shape index (κ1) is 9.75. The first-order chi connectivity index (χ1) is 5.74. The Morgan fingerprint density at radius 2 is 2.33 bits per heavy atom. The summed E-state index contributed by atoms with van der Waals surface area (Å²) >= 11 is 0. The third-order valence-corrected chi connectivity index (χ3v) is 2.30. The number of nitrogens with two attached hydrogens (primary N) is 1. The molecule has 1 atom stereocenters. The summed E-state index contributed by atoms with van der Waals surface area (Å²) in [6, 6.07) is 1.16. The molecule has 2 nitrogen and oxygen atoms in total. The van der Waals surface area contributed by atoms with Crippen LogP contribution in [0.1, 0.15) is 26.2 Å². The molecular formula is C10H20N2. The summed E-state index contributed by atoms with van der Waals surface area (Å²) < 4.78 is 0. The Bertz CT molecular complexity index is 139. The van der Waals surface area contributed by atoms with Gasteiger partial charge in [-0.2, -0.15) is 0 Å². The molecule has 2 heteroatoms. The number of hydrogen-bond acceptors (Lipinski definition) is 2. The van der Waals surface area contributed by atoms with Crippen LogP contribution in [0.25, 0.3) is 0 Å². The van der Waals surface area contributed by atoms with E-state index in [1.54, 1.807) is 0 Å². The van der Waals surface area contributed by atoms with Gasteiger partial charge in [0.1, 0.15) is 0 Å². The molecule has 0 heterocycles. The van der Waals surface area contributed by atoms with Gasteiger partial charge in [0.05, 0.1) is 0 Å². The van der Waals surface area contributed by atoms with E-state index in [1.165, 1.54) is 12.8 Å². The highest BCUT2D eigenvalue weighted by atomic mass is 15.2. The Morgan fingerprint density at radius 3 is 2.75 bits per heavy atom. The summed E-state index contributed by atoms with van der Waals surface area (Å²) in [5.41, 5.74) is 5.70. The lowest BCUT2D eigenvalue weighted by atomic mass is 10.2. The van der Waals surface area contributed by atoms with Gasteiger partial charge in [0.25, 0.3) is 0 Å². The molecule has 12 heavy (non-hydrogen) atoms. The zero-order valence-electron chi connectivity index (χ0n) is 8.00. The van der Waals surface area contributed by atoms with E-state index < -0.39 is 0 Å². The van der Waals surface area contributed by atoms with E-state index in [1.807, 2.05) is 6.08 Å². The monoisotopic (exact) mass is 168 g/mol. The second kappa shape index (κ2) is 4.63. The predicted molar refractivity (Wildman–Crippen MR) is 53.1 cm³/mol. The van der Waals surface area contributed by atoms with E-state index in [0.29, 0.717) is 6.04 Å². The minimum Gasteiger partial charge on any atom is -0.328 e. The molecule has 70 valence electrons. The maximum absolute atomic E-state index is 5.70. The maximum atomic E-state index is 5.70. The van der Waals surface area contributed by atoms with Gasteiger partial charge in [-0.3, -0.25) is 4.90 Å². The summed E-state index contributed by atoms with van der Waals surface area (Å²) in [4.78, 5) is 2.48. The third kappa shape index (κ3) is 3.37. The zero-order valence-corrected chi connectivity index (χ0v) is 8.00. The normalized spacial score (nSPS) is 19.6. The zero-order chi connectivity index (χ0) is 8.97. The molecule has 1 aliphatic carbocycles. The predicted octanol–water partition coefficient (Wildman–Crippen LogP) is 1.37. The Balaban J connectivity index is 2.18. The van der Waals surface area contributed by atoms with Crippen molar-refractivity contribution in [2.75, 3.05) is 13.1 Å². The fourth-order valence-corrected chi connectivity index (χ4v) is 1.40. The molecule has 1 saturated carbocycles. The van der Waals surface area contributed by atoms with Crippen LogP contribution < -0.4 is 5.73 Å².